The second-order valence-electron chi connectivity index (χ2n) is 3.57. The van der Waals surface area contributed by atoms with E-state index < -0.39 is 23.1 Å². The Morgan fingerprint density at radius 2 is 2.06 bits per heavy atom. The molecule has 0 amide bonds. The third-order valence-electron chi connectivity index (χ3n) is 2.44. The lowest BCUT2D eigenvalue weighted by Crippen LogP contribution is -2.26. The SMILES string of the molecule is N#Cc1nc2ccccc2cc1C(F)(F)C(=O)O. The maximum atomic E-state index is 13.5. The van der Waals surface area contributed by atoms with E-state index in [0.29, 0.717) is 10.9 Å². The quantitative estimate of drug-likeness (QED) is 0.884. The van der Waals surface area contributed by atoms with Crippen LogP contribution in [0.4, 0.5) is 8.78 Å². The van der Waals surface area contributed by atoms with E-state index >= 15 is 0 Å². The highest BCUT2D eigenvalue weighted by Crippen LogP contribution is 2.32. The number of nitriles is 1. The Bertz CT molecular complexity index is 677. The molecule has 0 radical (unpaired) electrons. The summed E-state index contributed by atoms with van der Waals surface area (Å²) in [5.74, 6) is -6.45. The van der Waals surface area contributed by atoms with Crippen molar-refractivity contribution in [3.8, 4) is 6.07 Å². The second kappa shape index (κ2) is 4.04. The lowest BCUT2D eigenvalue weighted by atomic mass is 10.0. The van der Waals surface area contributed by atoms with Crippen LogP contribution in [0.15, 0.2) is 30.3 Å². The van der Waals surface area contributed by atoms with Gasteiger partial charge >= 0.3 is 11.9 Å². The van der Waals surface area contributed by atoms with Crippen LogP contribution < -0.4 is 0 Å². The average molecular weight is 248 g/mol. The summed E-state index contributed by atoms with van der Waals surface area (Å²) in [6.45, 7) is 0. The number of nitrogens with zero attached hydrogens (tertiary/aromatic N) is 2. The third kappa shape index (κ3) is 1.76. The second-order valence-corrected chi connectivity index (χ2v) is 3.57. The highest BCUT2D eigenvalue weighted by Gasteiger charge is 2.43. The van der Waals surface area contributed by atoms with Gasteiger partial charge in [-0.2, -0.15) is 14.0 Å². The van der Waals surface area contributed by atoms with Gasteiger partial charge < -0.3 is 5.11 Å². The number of fused-ring (bicyclic) bond motifs is 1. The molecule has 2 aromatic rings. The third-order valence-corrected chi connectivity index (χ3v) is 2.44. The summed E-state index contributed by atoms with van der Waals surface area (Å²) in [6, 6.07) is 8.80. The molecule has 1 N–H and O–H groups in total. The van der Waals surface area contributed by atoms with Crippen molar-refractivity contribution in [3.05, 3.63) is 41.6 Å². The van der Waals surface area contributed by atoms with Crippen LogP contribution in [0.2, 0.25) is 0 Å². The minimum Gasteiger partial charge on any atom is -0.477 e. The highest BCUT2D eigenvalue weighted by molar-refractivity contribution is 5.84. The molecule has 0 bridgehead atoms. The van der Waals surface area contributed by atoms with Crippen molar-refractivity contribution in [3.63, 3.8) is 0 Å². The van der Waals surface area contributed by atoms with Crippen LogP contribution in [-0.2, 0) is 10.7 Å². The number of carboxylic acids is 1. The Hall–Kier alpha value is -2.55. The number of para-hydroxylation sites is 1. The number of benzene rings is 1. The maximum Gasteiger partial charge on any atom is 0.379 e. The topological polar surface area (TPSA) is 74.0 Å². The van der Waals surface area contributed by atoms with Crippen LogP contribution in [0.3, 0.4) is 0 Å². The van der Waals surface area contributed by atoms with Crippen molar-refractivity contribution in [1.29, 1.82) is 5.26 Å². The van der Waals surface area contributed by atoms with Crippen LogP contribution >= 0.6 is 0 Å². The zero-order valence-electron chi connectivity index (χ0n) is 8.89. The molecule has 0 aliphatic heterocycles. The number of alkyl halides is 2. The van der Waals surface area contributed by atoms with Gasteiger partial charge in [-0.05, 0) is 12.1 Å². The molecular weight excluding hydrogens is 242 g/mol. The first-order chi connectivity index (χ1) is 8.46. The first-order valence-electron chi connectivity index (χ1n) is 4.88. The monoisotopic (exact) mass is 248 g/mol. The van der Waals surface area contributed by atoms with E-state index in [1.165, 1.54) is 12.1 Å². The van der Waals surface area contributed by atoms with Crippen LogP contribution in [0.1, 0.15) is 11.3 Å². The Balaban J connectivity index is 2.78. The molecule has 1 aromatic carbocycles. The Kier molecular flexibility index (Phi) is 2.67. The number of carbonyl (C=O) groups is 1. The molecule has 4 nitrogen and oxygen atoms in total. The molecule has 0 aliphatic rings. The Labute approximate surface area is 100 Å². The molecule has 0 saturated carbocycles. The number of hydrogen-bond donors (Lipinski definition) is 1. The zero-order valence-corrected chi connectivity index (χ0v) is 8.89. The molecule has 0 unspecified atom stereocenters. The van der Waals surface area contributed by atoms with Gasteiger partial charge in [-0.1, -0.05) is 18.2 Å². The molecule has 18 heavy (non-hydrogen) atoms. The minimum absolute atomic E-state index is 0.354. The average Bonchev–Trinajstić information content (AvgIpc) is 2.36. The van der Waals surface area contributed by atoms with Gasteiger partial charge in [0.15, 0.2) is 5.69 Å². The van der Waals surface area contributed by atoms with Crippen LogP contribution in [-0.4, -0.2) is 16.1 Å². The molecule has 0 aliphatic carbocycles. The van der Waals surface area contributed by atoms with E-state index in [4.69, 9.17) is 10.4 Å². The van der Waals surface area contributed by atoms with Gasteiger partial charge in [0, 0.05) is 5.39 Å². The first-order valence-corrected chi connectivity index (χ1v) is 4.88. The van der Waals surface area contributed by atoms with E-state index in [0.717, 1.165) is 6.07 Å². The van der Waals surface area contributed by atoms with Gasteiger partial charge in [-0.15, -0.1) is 0 Å². The van der Waals surface area contributed by atoms with Crippen molar-refractivity contribution in [2.45, 2.75) is 5.92 Å². The van der Waals surface area contributed by atoms with Crippen molar-refractivity contribution in [2.75, 3.05) is 0 Å². The molecule has 90 valence electrons. The summed E-state index contributed by atoms with van der Waals surface area (Å²) in [5, 5.41) is 17.6. The van der Waals surface area contributed by atoms with E-state index in [1.54, 1.807) is 18.2 Å². The van der Waals surface area contributed by atoms with Crippen molar-refractivity contribution in [2.24, 2.45) is 0 Å². The van der Waals surface area contributed by atoms with Crippen LogP contribution in [0, 0.1) is 11.3 Å². The molecule has 1 heterocycles. The Morgan fingerprint density at radius 3 is 2.67 bits per heavy atom. The fraction of sp³-hybridized carbons (Fsp3) is 0.0833. The largest absolute Gasteiger partial charge is 0.477 e. The fourth-order valence-corrected chi connectivity index (χ4v) is 1.56. The number of rotatable bonds is 2. The van der Waals surface area contributed by atoms with E-state index in [-0.39, 0.29) is 0 Å². The van der Waals surface area contributed by atoms with Gasteiger partial charge in [0.25, 0.3) is 0 Å². The van der Waals surface area contributed by atoms with E-state index in [9.17, 15) is 13.6 Å². The van der Waals surface area contributed by atoms with Gasteiger partial charge in [0.05, 0.1) is 11.1 Å². The van der Waals surface area contributed by atoms with Gasteiger partial charge in [-0.25, -0.2) is 9.78 Å². The van der Waals surface area contributed by atoms with Crippen molar-refractivity contribution < 1.29 is 18.7 Å². The summed E-state index contributed by atoms with van der Waals surface area (Å²) >= 11 is 0. The molecule has 0 spiro atoms. The number of halogens is 2. The maximum absolute atomic E-state index is 13.5. The molecule has 6 heteroatoms. The predicted octanol–water partition coefficient (Wildman–Crippen LogP) is 2.28. The predicted molar refractivity (Wildman–Crippen MR) is 58.0 cm³/mol. The molecule has 2 rings (SSSR count). The molecule has 1 aromatic heterocycles. The fourth-order valence-electron chi connectivity index (χ4n) is 1.56. The zero-order chi connectivity index (χ0) is 13.3. The molecule has 0 atom stereocenters. The summed E-state index contributed by atoms with van der Waals surface area (Å²) < 4.78 is 26.9. The number of pyridine rings is 1. The Morgan fingerprint density at radius 1 is 1.39 bits per heavy atom. The van der Waals surface area contributed by atoms with E-state index in [2.05, 4.69) is 4.98 Å². The normalized spacial score (nSPS) is 11.2. The van der Waals surface area contributed by atoms with Gasteiger partial charge in [-0.3, -0.25) is 0 Å². The van der Waals surface area contributed by atoms with Crippen LogP contribution in [0.25, 0.3) is 10.9 Å². The summed E-state index contributed by atoms with van der Waals surface area (Å²) in [6.07, 6.45) is 0. The smallest absolute Gasteiger partial charge is 0.379 e. The number of hydrogen-bond acceptors (Lipinski definition) is 3. The van der Waals surface area contributed by atoms with Gasteiger partial charge in [0.2, 0.25) is 0 Å². The number of aromatic nitrogens is 1. The minimum atomic E-state index is -4.14. The summed E-state index contributed by atoms with van der Waals surface area (Å²) in [5.41, 5.74) is -1.11. The lowest BCUT2D eigenvalue weighted by molar-refractivity contribution is -0.166. The first kappa shape index (κ1) is 11.9. The van der Waals surface area contributed by atoms with Crippen molar-refractivity contribution in [1.82, 2.24) is 4.98 Å². The van der Waals surface area contributed by atoms with E-state index in [1.807, 2.05) is 0 Å². The molecular formula is C12H6F2N2O2. The standard InChI is InChI=1S/C12H6F2N2O2/c13-12(14,11(17)18)8-5-7-3-1-2-4-9(7)16-10(8)6-15/h1-5H,(H,17,18). The number of carboxylic acid groups (broad SMARTS) is 1. The van der Waals surface area contributed by atoms with Gasteiger partial charge in [0.1, 0.15) is 6.07 Å². The number of aliphatic carboxylic acids is 1. The summed E-state index contributed by atoms with van der Waals surface area (Å²) in [7, 11) is 0. The molecule has 0 saturated heterocycles. The van der Waals surface area contributed by atoms with Crippen molar-refractivity contribution >= 4 is 16.9 Å². The lowest BCUT2D eigenvalue weighted by Gasteiger charge is -2.13. The summed E-state index contributed by atoms with van der Waals surface area (Å²) in [4.78, 5) is 14.3. The highest BCUT2D eigenvalue weighted by atomic mass is 19.3. The molecule has 0 fully saturated rings. The van der Waals surface area contributed by atoms with Crippen LogP contribution in [0.5, 0.6) is 0 Å².